The van der Waals surface area contributed by atoms with Crippen LogP contribution in [0.4, 0.5) is 0 Å². The van der Waals surface area contributed by atoms with Gasteiger partial charge in [0.25, 0.3) is 5.91 Å². The number of aliphatic hydroxyl groups excluding tert-OH is 6. The highest BCUT2D eigenvalue weighted by Gasteiger charge is 2.53. The van der Waals surface area contributed by atoms with Crippen molar-refractivity contribution in [3.8, 4) is 0 Å². The number of benzene rings is 1. The molecule has 0 bridgehead atoms. The predicted molar refractivity (Wildman–Crippen MR) is 137 cm³/mol. The van der Waals surface area contributed by atoms with Crippen LogP contribution in [-0.2, 0) is 18.9 Å². The molecule has 1 aromatic carbocycles. The first-order valence-electron chi connectivity index (χ1n) is 13.5. The molecule has 1 aromatic rings. The van der Waals surface area contributed by atoms with E-state index in [1.807, 2.05) is 0 Å². The molecule has 4 rings (SSSR count). The maximum absolute atomic E-state index is 12.9. The third-order valence-corrected chi connectivity index (χ3v) is 7.84. The second kappa shape index (κ2) is 13.0. The minimum absolute atomic E-state index is 0.0333. The molecule has 226 valence electrons. The van der Waals surface area contributed by atoms with E-state index in [0.29, 0.717) is 12.0 Å². The van der Waals surface area contributed by atoms with Crippen LogP contribution in [0, 0.1) is 0 Å². The number of carbonyl (C=O) groups excluding carboxylic acids is 1. The quantitative estimate of drug-likeness (QED) is 0.148. The number of amides is 1. The Balaban J connectivity index is 1.58. The van der Waals surface area contributed by atoms with Crippen molar-refractivity contribution >= 4 is 5.91 Å². The lowest BCUT2D eigenvalue weighted by molar-refractivity contribution is -0.315. The maximum atomic E-state index is 12.9. The summed E-state index contributed by atoms with van der Waals surface area (Å²) in [6, 6.07) is 5.31. The van der Waals surface area contributed by atoms with Gasteiger partial charge in [-0.05, 0) is 31.9 Å². The summed E-state index contributed by atoms with van der Waals surface area (Å²) in [7, 11) is 0. The summed E-state index contributed by atoms with van der Waals surface area (Å²) in [5, 5.41) is 65.8. The van der Waals surface area contributed by atoms with E-state index in [2.05, 4.69) is 5.32 Å². The van der Waals surface area contributed by atoms with Gasteiger partial charge < -0.3 is 66.4 Å². The SMILES string of the molecule is CCC1OC(OC2C(O)C(NC(=O)c3ccccc3)CC(N)C2OC2OC([C@@H](C)O)C(O)C(O)C2N)C(O)C1O. The van der Waals surface area contributed by atoms with E-state index >= 15 is 0 Å². The lowest BCUT2D eigenvalue weighted by Crippen LogP contribution is -2.69. The standard InChI is InChI=1S/C26H41N3O11/c1-3-14-17(32)20(35)26(37-14)40-23-16(31)13(29-24(36)11-7-5-4-6-8-11)9-12(27)22(23)39-25-15(28)18(33)19(34)21(38-25)10(2)30/h4-8,10,12-23,25-26,30-35H,3,9,27-28H2,1-2H3,(H,29,36)/t10-,12?,13?,14?,15?,16?,17?,18?,19?,20?,21?,22?,23?,25?,26?/m1/s1. The van der Waals surface area contributed by atoms with Crippen LogP contribution in [0.3, 0.4) is 0 Å². The Morgan fingerprint density at radius 3 is 2.20 bits per heavy atom. The summed E-state index contributed by atoms with van der Waals surface area (Å²) in [4.78, 5) is 12.9. The van der Waals surface area contributed by atoms with Gasteiger partial charge in [0.1, 0.15) is 48.8 Å². The summed E-state index contributed by atoms with van der Waals surface area (Å²) in [5.41, 5.74) is 12.9. The number of nitrogens with two attached hydrogens (primary N) is 2. The van der Waals surface area contributed by atoms with Crippen molar-refractivity contribution in [2.24, 2.45) is 11.5 Å². The first-order valence-corrected chi connectivity index (χ1v) is 13.5. The molecule has 1 amide bonds. The first kappa shape index (κ1) is 31.2. The fraction of sp³-hybridized carbons (Fsp3) is 0.731. The number of rotatable bonds is 8. The van der Waals surface area contributed by atoms with Crippen molar-refractivity contribution in [2.75, 3.05) is 0 Å². The largest absolute Gasteiger partial charge is 0.391 e. The molecule has 1 aliphatic carbocycles. The monoisotopic (exact) mass is 571 g/mol. The molecule has 2 aliphatic heterocycles. The van der Waals surface area contributed by atoms with E-state index in [4.69, 9.17) is 30.4 Å². The zero-order valence-electron chi connectivity index (χ0n) is 22.3. The molecule has 2 saturated heterocycles. The second-order valence-corrected chi connectivity index (χ2v) is 10.7. The molecule has 14 heteroatoms. The molecule has 1 saturated carbocycles. The number of nitrogens with one attached hydrogen (secondary N) is 1. The fourth-order valence-corrected chi connectivity index (χ4v) is 5.46. The molecule has 14 nitrogen and oxygen atoms in total. The predicted octanol–water partition coefficient (Wildman–Crippen LogP) is -3.34. The van der Waals surface area contributed by atoms with E-state index in [1.54, 1.807) is 37.3 Å². The third kappa shape index (κ3) is 6.33. The van der Waals surface area contributed by atoms with E-state index in [0.717, 1.165) is 0 Å². The highest BCUT2D eigenvalue weighted by molar-refractivity contribution is 5.94. The maximum Gasteiger partial charge on any atom is 0.251 e. The van der Waals surface area contributed by atoms with Crippen molar-refractivity contribution < 1.29 is 54.4 Å². The molecular formula is C26H41N3O11. The molecule has 0 aromatic heterocycles. The molecule has 11 N–H and O–H groups in total. The summed E-state index contributed by atoms with van der Waals surface area (Å²) in [5.74, 6) is -0.455. The van der Waals surface area contributed by atoms with Crippen LogP contribution < -0.4 is 16.8 Å². The molecule has 0 radical (unpaired) electrons. The molecular weight excluding hydrogens is 530 g/mol. The second-order valence-electron chi connectivity index (χ2n) is 10.7. The molecule has 3 aliphatic rings. The highest BCUT2D eigenvalue weighted by Crippen LogP contribution is 2.33. The minimum Gasteiger partial charge on any atom is -0.391 e. The van der Waals surface area contributed by atoms with Crippen molar-refractivity contribution in [1.29, 1.82) is 0 Å². The Morgan fingerprint density at radius 2 is 1.60 bits per heavy atom. The van der Waals surface area contributed by atoms with E-state index < -0.39 is 97.7 Å². The van der Waals surface area contributed by atoms with E-state index in [9.17, 15) is 35.4 Å². The Bertz CT molecular complexity index is 974. The average Bonchev–Trinajstić information content (AvgIpc) is 3.21. The summed E-state index contributed by atoms with van der Waals surface area (Å²) < 4.78 is 23.4. The van der Waals surface area contributed by atoms with Crippen LogP contribution in [0.5, 0.6) is 0 Å². The van der Waals surface area contributed by atoms with Gasteiger partial charge in [-0.15, -0.1) is 0 Å². The number of ether oxygens (including phenoxy) is 4. The molecule has 14 unspecified atom stereocenters. The van der Waals surface area contributed by atoms with Crippen molar-refractivity contribution in [3.63, 3.8) is 0 Å². The first-order chi connectivity index (χ1) is 18.9. The van der Waals surface area contributed by atoms with E-state index in [-0.39, 0.29) is 6.42 Å². The Kier molecular flexibility index (Phi) is 10.1. The lowest BCUT2D eigenvalue weighted by atomic mass is 9.83. The van der Waals surface area contributed by atoms with Gasteiger partial charge in [0, 0.05) is 11.6 Å². The third-order valence-electron chi connectivity index (χ3n) is 7.84. The zero-order valence-corrected chi connectivity index (χ0v) is 22.3. The van der Waals surface area contributed by atoms with E-state index in [1.165, 1.54) is 6.92 Å². The van der Waals surface area contributed by atoms with Crippen LogP contribution in [0.15, 0.2) is 30.3 Å². The highest BCUT2D eigenvalue weighted by atomic mass is 16.7. The van der Waals surface area contributed by atoms with Crippen LogP contribution in [-0.4, -0.2) is 128 Å². The zero-order chi connectivity index (χ0) is 29.3. The van der Waals surface area contributed by atoms with Gasteiger partial charge >= 0.3 is 0 Å². The van der Waals surface area contributed by atoms with Crippen LogP contribution in [0.2, 0.25) is 0 Å². The topological polar surface area (TPSA) is 239 Å². The van der Waals surface area contributed by atoms with Crippen LogP contribution in [0.25, 0.3) is 0 Å². The minimum atomic E-state index is -1.51. The smallest absolute Gasteiger partial charge is 0.251 e. The number of hydrogen-bond acceptors (Lipinski definition) is 13. The van der Waals surface area contributed by atoms with Gasteiger partial charge in [-0.1, -0.05) is 25.1 Å². The lowest BCUT2D eigenvalue weighted by Gasteiger charge is -2.48. The van der Waals surface area contributed by atoms with Gasteiger partial charge in [-0.25, -0.2) is 0 Å². The Labute approximate surface area is 231 Å². The molecule has 15 atom stereocenters. The van der Waals surface area contributed by atoms with Gasteiger partial charge in [-0.2, -0.15) is 0 Å². The van der Waals surface area contributed by atoms with Gasteiger partial charge in [0.15, 0.2) is 12.6 Å². The number of hydrogen-bond donors (Lipinski definition) is 9. The number of aliphatic hydroxyl groups is 6. The van der Waals surface area contributed by atoms with Crippen LogP contribution >= 0.6 is 0 Å². The normalized spacial score (nSPS) is 44.8. The molecule has 2 heterocycles. The average molecular weight is 572 g/mol. The van der Waals surface area contributed by atoms with Crippen molar-refractivity contribution in [2.45, 2.75) is 118 Å². The molecule has 40 heavy (non-hydrogen) atoms. The van der Waals surface area contributed by atoms with Crippen molar-refractivity contribution in [1.82, 2.24) is 5.32 Å². The summed E-state index contributed by atoms with van der Waals surface area (Å²) >= 11 is 0. The Morgan fingerprint density at radius 1 is 0.950 bits per heavy atom. The summed E-state index contributed by atoms with van der Waals surface area (Å²) in [6.07, 6.45) is -15.1. The van der Waals surface area contributed by atoms with Gasteiger partial charge in [0.2, 0.25) is 0 Å². The molecule has 3 fully saturated rings. The fourth-order valence-electron chi connectivity index (χ4n) is 5.46. The summed E-state index contributed by atoms with van der Waals surface area (Å²) in [6.45, 7) is 3.13. The van der Waals surface area contributed by atoms with Crippen LogP contribution in [0.1, 0.15) is 37.0 Å². The number of carbonyl (C=O) groups is 1. The van der Waals surface area contributed by atoms with Crippen molar-refractivity contribution in [3.05, 3.63) is 35.9 Å². The Hall–Kier alpha value is -1.79. The molecule has 0 spiro atoms. The van der Waals surface area contributed by atoms with Gasteiger partial charge in [-0.3, -0.25) is 4.79 Å². The van der Waals surface area contributed by atoms with Gasteiger partial charge in [0.05, 0.1) is 24.3 Å².